The molecular weight excluding hydrogens is 984 g/mol. The zero-order valence-electron chi connectivity index (χ0n) is 32.0. The first-order chi connectivity index (χ1) is 26.9. The van der Waals surface area contributed by atoms with Crippen molar-refractivity contribution in [2.75, 3.05) is 12.3 Å². The number of carboxylic acid groups (broad SMARTS) is 2. The Balaban J connectivity index is 0.000000266. The van der Waals surface area contributed by atoms with Crippen LogP contribution in [0.25, 0.3) is 34.6 Å². The molecule has 1 aliphatic carbocycles. The minimum atomic E-state index is -3.71. The van der Waals surface area contributed by atoms with Gasteiger partial charge in [0.15, 0.2) is 17.1 Å². The van der Waals surface area contributed by atoms with Gasteiger partial charge in [0.1, 0.15) is 24.3 Å². The molecule has 4 atom stereocenters. The number of rotatable bonds is 6. The van der Waals surface area contributed by atoms with Gasteiger partial charge in [-0.05, 0) is 68.0 Å². The number of carbonyl (C=O) groups excluding carboxylic acids is 1. The molecule has 3 aromatic heterocycles. The first kappa shape index (κ1) is 49.1. The average molecular weight is 1030 g/mol. The number of halogens is 2. The summed E-state index contributed by atoms with van der Waals surface area (Å²) in [4.78, 5) is 65.7. The molecule has 0 amide bonds. The van der Waals surface area contributed by atoms with Crippen LogP contribution in [0, 0.1) is 5.41 Å². The largest absolute Gasteiger partial charge is 2.00 e. The number of hydrogen-bond donors (Lipinski definition) is 7. The predicted molar refractivity (Wildman–Crippen MR) is 203 cm³/mol. The van der Waals surface area contributed by atoms with E-state index in [-0.39, 0.29) is 76.4 Å². The molecule has 1 saturated heterocycles. The van der Waals surface area contributed by atoms with Crippen LogP contribution in [0.5, 0.6) is 5.75 Å². The number of alkyl halides is 2. The fourth-order valence-corrected chi connectivity index (χ4v) is 7.33. The van der Waals surface area contributed by atoms with E-state index in [0.717, 1.165) is 34.3 Å². The molecule has 0 bridgehead atoms. The Labute approximate surface area is 353 Å². The van der Waals surface area contributed by atoms with E-state index in [1.165, 1.54) is 0 Å². The molecule has 8 rings (SSSR count). The second-order valence-electron chi connectivity index (χ2n) is 14.0. The second-order valence-corrected chi connectivity index (χ2v) is 14.0. The molecule has 6 heterocycles. The van der Waals surface area contributed by atoms with Crippen molar-refractivity contribution in [3.05, 3.63) is 91.9 Å². The predicted octanol–water partition coefficient (Wildman–Crippen LogP) is 2.82. The van der Waals surface area contributed by atoms with Crippen LogP contribution in [0.3, 0.4) is 0 Å². The number of pyridine rings is 2. The van der Waals surface area contributed by atoms with Crippen LogP contribution in [-0.2, 0) is 70.1 Å². The summed E-state index contributed by atoms with van der Waals surface area (Å²) in [6, 6.07) is 7.90. The van der Waals surface area contributed by atoms with Crippen molar-refractivity contribution < 1.29 is 84.3 Å². The standard InChI is InChI=1S/C22H20N2O5.C9H11F2N3O4.C6H8O4.2H2N.Pt/c1-3-12-13-7-11(25)5-6-17(13)23-19-14(12)9-24-18(19)8-16-15(20(24)26)10-29-21(27)22(16,28)4-2;10-9(11)6(16)4(3-15)18-7(9)14-2-1-5(12)13-8(14)17;7-4(8)6(5(9)10)2-1-3-6;;;/h5-8,25,28H,3-4,9-10H2,1-2H3;1-2,4,6-7,15-16H,3H2,(H2,12,13,17);1-3H2,(H,7,8)(H,9,10);2*1H2;/q;;;2*-1;+2/t22-;4-,6?,7-;;;;/m01..../s1. The van der Waals surface area contributed by atoms with E-state index < -0.39 is 65.6 Å². The minimum absolute atomic E-state index is 0. The number of ether oxygens (including phenoxy) is 2. The molecule has 0 radical (unpaired) electrons. The van der Waals surface area contributed by atoms with Crippen LogP contribution in [-0.4, -0.2) is 92.4 Å². The number of aliphatic hydroxyl groups excluding tert-OH is 2. The third-order valence-electron chi connectivity index (χ3n) is 10.8. The fraction of sp³-hybridized carbons (Fsp3) is 0.432. The Hall–Kier alpha value is -5.22. The minimum Gasteiger partial charge on any atom is -0.693 e. The quantitative estimate of drug-likeness (QED) is 0.0950. The summed E-state index contributed by atoms with van der Waals surface area (Å²) in [6.45, 7) is 3.14. The number of carbonyl (C=O) groups is 3. The summed E-state index contributed by atoms with van der Waals surface area (Å²) in [5, 5.41) is 56.8. The molecule has 1 saturated carbocycles. The van der Waals surface area contributed by atoms with E-state index in [0.29, 0.717) is 46.5 Å². The SMILES string of the molecule is CCc1c2c(nc3ccc(O)cc13)-c1cc3c(c(=O)n1C2)COC(=O)[C@]3(O)CC.Nc1ccn([C@@H]2O[C@H](CO)C(O)C2(F)F)c(=O)n1.O=C(O)C1(C(=O)O)CCC1.[NH2-].[NH2-].[Pt+2]. The van der Waals surface area contributed by atoms with E-state index in [9.17, 15) is 48.1 Å². The third kappa shape index (κ3) is 8.03. The molecule has 23 heteroatoms. The summed E-state index contributed by atoms with van der Waals surface area (Å²) >= 11 is 0. The molecular formula is C37H43F2N7O13Pt. The van der Waals surface area contributed by atoms with Gasteiger partial charge in [0, 0.05) is 22.7 Å². The van der Waals surface area contributed by atoms with Gasteiger partial charge in [-0.1, -0.05) is 13.8 Å². The van der Waals surface area contributed by atoms with Gasteiger partial charge in [-0.3, -0.25) is 19.0 Å². The van der Waals surface area contributed by atoms with Crippen LogP contribution in [0.15, 0.2) is 46.1 Å². The van der Waals surface area contributed by atoms with E-state index >= 15 is 0 Å². The van der Waals surface area contributed by atoms with Crippen LogP contribution in [0.2, 0.25) is 0 Å². The van der Waals surface area contributed by atoms with Crippen molar-refractivity contribution in [2.45, 2.75) is 89.1 Å². The van der Waals surface area contributed by atoms with Gasteiger partial charge in [-0.15, -0.1) is 0 Å². The van der Waals surface area contributed by atoms with E-state index in [2.05, 4.69) is 4.98 Å². The Morgan fingerprint density at radius 3 is 2.17 bits per heavy atom. The van der Waals surface area contributed by atoms with Crippen LogP contribution < -0.4 is 17.0 Å². The van der Waals surface area contributed by atoms with Crippen LogP contribution >= 0.6 is 0 Å². The molecule has 4 aliphatic rings. The topological polar surface area (TPSA) is 354 Å². The Morgan fingerprint density at radius 2 is 1.67 bits per heavy atom. The molecule has 4 aromatic rings. The number of nitrogens with zero attached hydrogens (tertiary/aromatic N) is 4. The Morgan fingerprint density at radius 1 is 1.02 bits per heavy atom. The van der Waals surface area contributed by atoms with Crippen LogP contribution in [0.1, 0.15) is 68.0 Å². The number of esters is 1. The number of nitrogens with two attached hydrogens (primary N) is 3. The summed E-state index contributed by atoms with van der Waals surface area (Å²) in [5.41, 5.74) is 5.23. The van der Waals surface area contributed by atoms with Gasteiger partial charge in [0.25, 0.3) is 5.56 Å². The summed E-state index contributed by atoms with van der Waals surface area (Å²) in [7, 11) is 0. The number of anilines is 1. The number of aryl methyl sites for hydroxylation is 1. The second kappa shape index (κ2) is 18.2. The number of phenolic OH excluding ortho intramolecular Hbond substituents is 1. The zero-order chi connectivity index (χ0) is 41.8. The number of aliphatic carboxylic acids is 2. The number of benzene rings is 1. The fourth-order valence-electron chi connectivity index (χ4n) is 7.33. The van der Waals surface area contributed by atoms with Gasteiger partial charge < -0.3 is 62.7 Å². The smallest absolute Gasteiger partial charge is 0.693 e. The number of phenols is 1. The maximum Gasteiger partial charge on any atom is 2.00 e. The van der Waals surface area contributed by atoms with Gasteiger partial charge in [-0.25, -0.2) is 14.6 Å². The summed E-state index contributed by atoms with van der Waals surface area (Å²) in [5.74, 6) is -6.80. The van der Waals surface area contributed by atoms with Crippen molar-refractivity contribution in [2.24, 2.45) is 5.41 Å². The van der Waals surface area contributed by atoms with Crippen molar-refractivity contribution >= 4 is 34.6 Å². The normalized spacial score (nSPS) is 22.2. The van der Waals surface area contributed by atoms with Gasteiger partial charge in [-0.2, -0.15) is 13.8 Å². The number of fused-ring (bicyclic) bond motifs is 5. The number of cyclic esters (lactones) is 1. The van der Waals surface area contributed by atoms with Gasteiger partial charge in [0.2, 0.25) is 6.23 Å². The maximum absolute atomic E-state index is 13.7. The number of carboxylic acids is 2. The van der Waals surface area contributed by atoms with Crippen molar-refractivity contribution in [1.29, 1.82) is 0 Å². The molecule has 0 spiro atoms. The van der Waals surface area contributed by atoms with Crippen LogP contribution in [0.4, 0.5) is 14.6 Å². The molecule has 12 N–H and O–H groups in total. The molecule has 20 nitrogen and oxygen atoms in total. The van der Waals surface area contributed by atoms with Gasteiger partial charge >= 0.3 is 50.6 Å². The molecule has 328 valence electrons. The number of aromatic nitrogens is 4. The van der Waals surface area contributed by atoms with Gasteiger partial charge in [0.05, 0.1) is 35.6 Å². The van der Waals surface area contributed by atoms with E-state index in [4.69, 9.17) is 35.5 Å². The number of aromatic hydroxyl groups is 1. The molecule has 2 fully saturated rings. The number of aliphatic hydroxyl groups is 3. The Kier molecular flexibility index (Phi) is 14.9. The average Bonchev–Trinajstić information content (AvgIpc) is 3.61. The monoisotopic (exact) mass is 1030 g/mol. The van der Waals surface area contributed by atoms with E-state index in [1.54, 1.807) is 35.8 Å². The molecule has 1 aromatic carbocycles. The van der Waals surface area contributed by atoms with E-state index in [1.807, 2.05) is 6.92 Å². The van der Waals surface area contributed by atoms with Crippen molar-refractivity contribution in [3.63, 3.8) is 0 Å². The molecule has 60 heavy (non-hydrogen) atoms. The van der Waals surface area contributed by atoms with Crippen molar-refractivity contribution in [1.82, 2.24) is 19.1 Å². The molecule has 3 aliphatic heterocycles. The number of hydrogen-bond acceptors (Lipinski definition) is 14. The third-order valence-corrected chi connectivity index (χ3v) is 10.8. The first-order valence-electron chi connectivity index (χ1n) is 17.8. The molecule has 1 unspecified atom stereocenters. The maximum atomic E-state index is 13.7. The Bertz CT molecular complexity index is 2410. The van der Waals surface area contributed by atoms with Crippen molar-refractivity contribution in [3.8, 4) is 17.1 Å². The number of nitrogen functional groups attached to an aromatic ring is 1. The zero-order valence-corrected chi connectivity index (χ0v) is 34.3. The summed E-state index contributed by atoms with van der Waals surface area (Å²) < 4.78 is 39.4. The first-order valence-corrected chi connectivity index (χ1v) is 17.8. The summed E-state index contributed by atoms with van der Waals surface area (Å²) in [6.07, 6.45) is -2.60.